The molecule has 3 aromatic carbocycles. The van der Waals surface area contributed by atoms with Crippen molar-refractivity contribution in [1.82, 2.24) is 9.97 Å². The van der Waals surface area contributed by atoms with Crippen LogP contribution in [0, 0.1) is 0 Å². The van der Waals surface area contributed by atoms with Gasteiger partial charge in [0, 0.05) is 33.0 Å². The van der Waals surface area contributed by atoms with Gasteiger partial charge >= 0.3 is 0 Å². The molecule has 0 fully saturated rings. The number of nitrogens with zero attached hydrogens (tertiary/aromatic N) is 2. The van der Waals surface area contributed by atoms with Crippen molar-refractivity contribution < 1.29 is 0 Å². The van der Waals surface area contributed by atoms with Crippen LogP contribution in [0.15, 0.2) is 83.6 Å². The van der Waals surface area contributed by atoms with Gasteiger partial charge in [0.25, 0.3) is 0 Å². The third kappa shape index (κ3) is 5.00. The smallest absolute Gasteiger partial charge is 0.124 e. The molecule has 0 aliphatic heterocycles. The molecule has 0 amide bonds. The average molecular weight is 483 g/mol. The van der Waals surface area contributed by atoms with Gasteiger partial charge in [-0.25, -0.2) is 9.97 Å². The van der Waals surface area contributed by atoms with Crippen molar-refractivity contribution in [3.05, 3.63) is 94.7 Å². The van der Waals surface area contributed by atoms with Crippen molar-refractivity contribution >= 4 is 22.7 Å². The Bertz CT molecular complexity index is 1300. The summed E-state index contributed by atoms with van der Waals surface area (Å²) < 4.78 is 0. The molecular formula is C28H26N4S2. The minimum absolute atomic E-state index is 0.649. The molecule has 5 aromatic rings. The van der Waals surface area contributed by atoms with Crippen molar-refractivity contribution in [2.75, 3.05) is 13.1 Å². The number of hydrogen-bond donors (Lipinski definition) is 2. The number of thiazole rings is 2. The molecule has 0 atom stereocenters. The second-order valence-corrected chi connectivity index (χ2v) is 9.85. The Morgan fingerprint density at radius 3 is 1.47 bits per heavy atom. The minimum Gasteiger partial charge on any atom is -0.330 e. The molecule has 0 aliphatic carbocycles. The van der Waals surface area contributed by atoms with Crippen molar-refractivity contribution in [3.8, 4) is 43.7 Å². The van der Waals surface area contributed by atoms with E-state index in [1.165, 1.54) is 11.1 Å². The zero-order chi connectivity index (χ0) is 23.3. The summed E-state index contributed by atoms with van der Waals surface area (Å²) in [6, 6.07) is 25.4. The quantitative estimate of drug-likeness (QED) is 0.273. The van der Waals surface area contributed by atoms with Gasteiger partial charge in [-0.15, -0.1) is 22.7 Å². The molecule has 4 nitrogen and oxygen atoms in total. The number of hydrogen-bond acceptors (Lipinski definition) is 6. The minimum atomic E-state index is 0.649. The average Bonchev–Trinajstić information content (AvgIpc) is 3.56. The van der Waals surface area contributed by atoms with E-state index in [0.29, 0.717) is 13.1 Å². The van der Waals surface area contributed by atoms with Crippen LogP contribution in [0.5, 0.6) is 0 Å². The van der Waals surface area contributed by atoms with Crippen molar-refractivity contribution in [2.45, 2.75) is 12.8 Å². The second kappa shape index (κ2) is 10.4. The predicted octanol–water partition coefficient (Wildman–Crippen LogP) is 6.27. The predicted molar refractivity (Wildman–Crippen MR) is 145 cm³/mol. The lowest BCUT2D eigenvalue weighted by Gasteiger charge is -2.03. The van der Waals surface area contributed by atoms with Crippen LogP contribution in [0.3, 0.4) is 0 Å². The van der Waals surface area contributed by atoms with Gasteiger partial charge in [0.2, 0.25) is 0 Å². The second-order valence-electron chi connectivity index (χ2n) is 8.13. The Morgan fingerprint density at radius 1 is 0.559 bits per heavy atom. The van der Waals surface area contributed by atoms with E-state index in [1.807, 2.05) is 0 Å². The molecule has 0 bridgehead atoms. The fourth-order valence-electron chi connectivity index (χ4n) is 3.97. The Morgan fingerprint density at radius 2 is 1.00 bits per heavy atom. The highest BCUT2D eigenvalue weighted by Crippen LogP contribution is 2.34. The van der Waals surface area contributed by atoms with Crippen LogP contribution in [0.4, 0.5) is 0 Å². The van der Waals surface area contributed by atoms with Crippen molar-refractivity contribution in [3.63, 3.8) is 0 Å². The van der Waals surface area contributed by atoms with Crippen molar-refractivity contribution in [1.29, 1.82) is 0 Å². The molecule has 0 saturated heterocycles. The first kappa shape index (κ1) is 22.6. The van der Waals surface area contributed by atoms with Crippen LogP contribution in [0.2, 0.25) is 0 Å². The van der Waals surface area contributed by atoms with E-state index in [4.69, 9.17) is 21.4 Å². The zero-order valence-electron chi connectivity index (χ0n) is 18.8. The van der Waals surface area contributed by atoms with E-state index >= 15 is 0 Å². The maximum Gasteiger partial charge on any atom is 0.124 e. The molecule has 170 valence electrons. The third-order valence-corrected chi connectivity index (χ3v) is 7.46. The van der Waals surface area contributed by atoms with Crippen LogP contribution >= 0.6 is 22.7 Å². The highest BCUT2D eigenvalue weighted by molar-refractivity contribution is 7.14. The lowest BCUT2D eigenvalue weighted by atomic mass is 10.1. The van der Waals surface area contributed by atoms with Crippen LogP contribution in [0.1, 0.15) is 11.1 Å². The molecule has 0 saturated carbocycles. The van der Waals surface area contributed by atoms with Crippen LogP contribution in [0.25, 0.3) is 43.7 Å². The molecule has 34 heavy (non-hydrogen) atoms. The summed E-state index contributed by atoms with van der Waals surface area (Å²) in [4.78, 5) is 9.85. The summed E-state index contributed by atoms with van der Waals surface area (Å²) in [6.45, 7) is 1.30. The van der Waals surface area contributed by atoms with E-state index in [9.17, 15) is 0 Å². The zero-order valence-corrected chi connectivity index (χ0v) is 20.4. The van der Waals surface area contributed by atoms with Crippen LogP contribution < -0.4 is 11.5 Å². The molecule has 0 radical (unpaired) electrons. The Balaban J connectivity index is 1.40. The van der Waals surface area contributed by atoms with Gasteiger partial charge in [0.05, 0.1) is 11.4 Å². The van der Waals surface area contributed by atoms with E-state index < -0.39 is 0 Å². The van der Waals surface area contributed by atoms with Gasteiger partial charge < -0.3 is 11.5 Å². The fourth-order valence-corrected chi connectivity index (χ4v) is 5.62. The Kier molecular flexibility index (Phi) is 6.92. The Labute approximate surface area is 208 Å². The lowest BCUT2D eigenvalue weighted by molar-refractivity contribution is 0.969. The van der Waals surface area contributed by atoms with Gasteiger partial charge in [-0.3, -0.25) is 0 Å². The lowest BCUT2D eigenvalue weighted by Crippen LogP contribution is -2.02. The molecule has 4 N–H and O–H groups in total. The molecular weight excluding hydrogens is 456 g/mol. The first-order chi connectivity index (χ1) is 16.7. The fraction of sp³-hybridized carbons (Fsp3) is 0.143. The largest absolute Gasteiger partial charge is 0.330 e. The third-order valence-electron chi connectivity index (χ3n) is 5.68. The standard InChI is InChI=1S/C28H26N4S2/c29-12-10-19-4-1-6-21(14-19)25-17-33-27(31-25)23-8-3-9-24(16-23)28-32-26(18-34-28)22-7-2-5-20(15-22)11-13-30/h1-9,14-18H,10-13,29-30H2. The van der Waals surface area contributed by atoms with E-state index in [1.54, 1.807) is 22.7 Å². The topological polar surface area (TPSA) is 77.8 Å². The number of benzene rings is 3. The SMILES string of the molecule is NCCc1cccc(-c2csc(-c3cccc(-c4nc(-c5cccc(CCN)c5)cs4)c3)n2)c1. The van der Waals surface area contributed by atoms with E-state index in [2.05, 4.69) is 83.6 Å². The first-order valence-corrected chi connectivity index (χ1v) is 13.1. The summed E-state index contributed by atoms with van der Waals surface area (Å²) >= 11 is 3.33. The highest BCUT2D eigenvalue weighted by atomic mass is 32.1. The summed E-state index contributed by atoms with van der Waals surface area (Å²) in [5.41, 5.74) is 20.4. The van der Waals surface area contributed by atoms with Crippen LogP contribution in [-0.4, -0.2) is 23.1 Å². The number of nitrogens with two attached hydrogens (primary N) is 2. The molecule has 2 heterocycles. The molecule has 0 aliphatic rings. The maximum atomic E-state index is 5.72. The molecule has 0 spiro atoms. The van der Waals surface area contributed by atoms with E-state index in [0.717, 1.165) is 56.5 Å². The summed E-state index contributed by atoms with van der Waals surface area (Å²) in [7, 11) is 0. The molecule has 0 unspecified atom stereocenters. The van der Waals surface area contributed by atoms with Crippen LogP contribution in [-0.2, 0) is 12.8 Å². The number of aromatic nitrogens is 2. The monoisotopic (exact) mass is 482 g/mol. The summed E-state index contributed by atoms with van der Waals surface area (Å²) in [5.74, 6) is 0. The summed E-state index contributed by atoms with van der Waals surface area (Å²) in [6.07, 6.45) is 1.75. The van der Waals surface area contributed by atoms with Gasteiger partial charge in [0.15, 0.2) is 0 Å². The summed E-state index contributed by atoms with van der Waals surface area (Å²) in [5, 5.41) is 6.26. The van der Waals surface area contributed by atoms with Gasteiger partial charge in [-0.05, 0) is 55.3 Å². The van der Waals surface area contributed by atoms with Crippen molar-refractivity contribution in [2.24, 2.45) is 11.5 Å². The molecule has 2 aromatic heterocycles. The van der Waals surface area contributed by atoms with Gasteiger partial charge in [-0.1, -0.05) is 54.6 Å². The first-order valence-electron chi connectivity index (χ1n) is 11.3. The number of rotatable bonds is 8. The normalized spacial score (nSPS) is 11.1. The highest BCUT2D eigenvalue weighted by Gasteiger charge is 2.11. The van der Waals surface area contributed by atoms with Gasteiger partial charge in [0.1, 0.15) is 10.0 Å². The molecule has 5 rings (SSSR count). The maximum absolute atomic E-state index is 5.72. The molecule has 6 heteroatoms. The Hall–Kier alpha value is -3.16. The van der Waals surface area contributed by atoms with E-state index in [-0.39, 0.29) is 0 Å². The van der Waals surface area contributed by atoms with Gasteiger partial charge in [-0.2, -0.15) is 0 Å².